The highest BCUT2D eigenvalue weighted by Gasteiger charge is 2.45. The molecule has 15 heteroatoms. The molecule has 278 valence electrons. The fourth-order valence-electron chi connectivity index (χ4n) is 7.18. The van der Waals surface area contributed by atoms with Crippen LogP contribution in [0.1, 0.15) is 71.8 Å². The first-order valence-electron chi connectivity index (χ1n) is 17.8. The number of ketones is 1. The highest BCUT2D eigenvalue weighted by Crippen LogP contribution is 2.32. The number of aliphatic imine (C=N–C) groups is 1. The summed E-state index contributed by atoms with van der Waals surface area (Å²) in [6.07, 6.45) is 0.540. The Bertz CT molecular complexity index is 2110. The topological polar surface area (TPSA) is 175 Å². The second-order valence-electron chi connectivity index (χ2n) is 13.4. The fourth-order valence-corrected chi connectivity index (χ4v) is 7.18. The summed E-state index contributed by atoms with van der Waals surface area (Å²) in [5.74, 6) is -3.64. The molecule has 0 saturated carbocycles. The molecule has 0 spiro atoms. The summed E-state index contributed by atoms with van der Waals surface area (Å²) in [7, 11) is 0. The van der Waals surface area contributed by atoms with Crippen LogP contribution in [0.2, 0.25) is 0 Å². The van der Waals surface area contributed by atoms with Gasteiger partial charge in [0.2, 0.25) is 17.7 Å². The number of hydrogen-bond acceptors (Lipinski definition) is 10. The van der Waals surface area contributed by atoms with Crippen molar-refractivity contribution >= 4 is 52.6 Å². The average molecular weight is 737 g/mol. The van der Waals surface area contributed by atoms with Gasteiger partial charge < -0.3 is 19.9 Å². The van der Waals surface area contributed by atoms with E-state index in [9.17, 15) is 38.0 Å². The average Bonchev–Trinajstić information content (AvgIpc) is 3.43. The number of hydrogen-bond donors (Lipinski definition) is 2. The molecule has 4 heterocycles. The molecular formula is C39H37FN6O8. The number of ether oxygens (including phenoxy) is 1. The third kappa shape index (κ3) is 7.26. The number of carbonyl (C=O) groups is 7. The number of benzene rings is 3. The SMILES string of the molecule is O=C1CCC(N2C(=O)c3cccc(NCCOCCC(=O)N4CCN(C(=O)c5cc(CC6=NCC(=O)c7ccccc76)ccc5F)CC4)c3C2=O)C(=O)N1. The van der Waals surface area contributed by atoms with Crippen molar-refractivity contribution in [1.82, 2.24) is 20.0 Å². The van der Waals surface area contributed by atoms with E-state index in [-0.39, 0.29) is 100 Å². The molecule has 0 aliphatic carbocycles. The third-order valence-corrected chi connectivity index (χ3v) is 9.99. The van der Waals surface area contributed by atoms with Gasteiger partial charge in [0.15, 0.2) is 5.78 Å². The zero-order chi connectivity index (χ0) is 37.9. The molecule has 14 nitrogen and oxygen atoms in total. The van der Waals surface area contributed by atoms with Gasteiger partial charge in [-0.25, -0.2) is 4.39 Å². The van der Waals surface area contributed by atoms with E-state index in [1.807, 2.05) is 12.1 Å². The lowest BCUT2D eigenvalue weighted by Crippen LogP contribution is -2.54. The van der Waals surface area contributed by atoms with Gasteiger partial charge in [0.05, 0.1) is 36.3 Å². The first kappa shape index (κ1) is 36.3. The Morgan fingerprint density at radius 2 is 1.61 bits per heavy atom. The predicted octanol–water partition coefficient (Wildman–Crippen LogP) is 2.26. The zero-order valence-electron chi connectivity index (χ0n) is 29.3. The van der Waals surface area contributed by atoms with Gasteiger partial charge in [-0.05, 0) is 36.2 Å². The number of nitrogens with zero attached hydrogens (tertiary/aromatic N) is 4. The summed E-state index contributed by atoms with van der Waals surface area (Å²) in [4.78, 5) is 97.3. The molecule has 0 bridgehead atoms. The van der Waals surface area contributed by atoms with Crippen molar-refractivity contribution in [3.05, 3.63) is 99.9 Å². The number of rotatable bonds is 11. The van der Waals surface area contributed by atoms with E-state index in [0.717, 1.165) is 10.5 Å². The molecule has 2 fully saturated rings. The van der Waals surface area contributed by atoms with Crippen LogP contribution in [-0.4, -0.2) is 120 Å². The summed E-state index contributed by atoms with van der Waals surface area (Å²) in [6, 6.07) is 15.4. The van der Waals surface area contributed by atoms with Crippen LogP contribution in [-0.2, 0) is 25.5 Å². The summed E-state index contributed by atoms with van der Waals surface area (Å²) in [6.45, 7) is 1.70. The van der Waals surface area contributed by atoms with Crippen LogP contribution in [0, 0.1) is 5.82 Å². The summed E-state index contributed by atoms with van der Waals surface area (Å²) in [5, 5.41) is 5.27. The molecule has 6 amide bonds. The van der Waals surface area contributed by atoms with Gasteiger partial charge in [-0.15, -0.1) is 0 Å². The second kappa shape index (κ2) is 15.5. The Morgan fingerprint density at radius 3 is 2.39 bits per heavy atom. The van der Waals surface area contributed by atoms with E-state index in [0.29, 0.717) is 28.9 Å². The van der Waals surface area contributed by atoms with Crippen LogP contribution < -0.4 is 10.6 Å². The van der Waals surface area contributed by atoms with Crippen LogP contribution in [0.5, 0.6) is 0 Å². The maximum absolute atomic E-state index is 14.9. The van der Waals surface area contributed by atoms with Gasteiger partial charge in [-0.2, -0.15) is 0 Å². The maximum Gasteiger partial charge on any atom is 0.264 e. The quantitative estimate of drug-likeness (QED) is 0.221. The van der Waals surface area contributed by atoms with Crippen molar-refractivity contribution in [2.24, 2.45) is 4.99 Å². The monoisotopic (exact) mass is 736 g/mol. The number of nitrogens with one attached hydrogen (secondary N) is 2. The van der Waals surface area contributed by atoms with E-state index >= 15 is 0 Å². The third-order valence-electron chi connectivity index (χ3n) is 9.99. The van der Waals surface area contributed by atoms with Gasteiger partial charge in [-0.1, -0.05) is 36.4 Å². The lowest BCUT2D eigenvalue weighted by molar-refractivity contribution is -0.136. The Morgan fingerprint density at radius 1 is 0.870 bits per heavy atom. The minimum atomic E-state index is -1.06. The normalized spacial score (nSPS) is 18.3. The minimum absolute atomic E-state index is 0.0293. The molecule has 4 aliphatic heterocycles. The highest BCUT2D eigenvalue weighted by atomic mass is 19.1. The summed E-state index contributed by atoms with van der Waals surface area (Å²) >= 11 is 0. The number of imide groups is 2. The number of Topliss-reactive ketones (excluding diaryl/α,β-unsaturated/α-hetero) is 1. The Hall–Kier alpha value is -6.09. The van der Waals surface area contributed by atoms with E-state index in [4.69, 9.17) is 4.74 Å². The highest BCUT2D eigenvalue weighted by molar-refractivity contribution is 6.25. The predicted molar refractivity (Wildman–Crippen MR) is 192 cm³/mol. The smallest absolute Gasteiger partial charge is 0.264 e. The van der Waals surface area contributed by atoms with Gasteiger partial charge in [0.1, 0.15) is 18.4 Å². The van der Waals surface area contributed by atoms with Crippen LogP contribution in [0.25, 0.3) is 0 Å². The van der Waals surface area contributed by atoms with Gasteiger partial charge in [0.25, 0.3) is 17.7 Å². The van der Waals surface area contributed by atoms with E-state index < -0.39 is 41.4 Å². The standard InChI is InChI=1S/C39H37FN6O8/c40-28-9-8-23(21-30-24-4-1-2-5-25(24)32(47)22-42-30)20-27(28)37(51)45-16-14-44(15-17-45)34(49)12-18-54-19-13-41-29-7-3-6-26-35(29)39(53)46(38(26)52)31-10-11-33(48)43-36(31)50/h1-9,20,31,41H,10-19,21-22H2,(H,43,48,50). The summed E-state index contributed by atoms with van der Waals surface area (Å²) < 4.78 is 20.6. The molecule has 2 saturated heterocycles. The lowest BCUT2D eigenvalue weighted by atomic mass is 9.92. The van der Waals surface area contributed by atoms with Crippen molar-refractivity contribution < 1.29 is 42.7 Å². The molecule has 1 unspecified atom stereocenters. The number of carbonyl (C=O) groups excluding carboxylic acids is 7. The van der Waals surface area contributed by atoms with E-state index in [1.54, 1.807) is 35.2 Å². The van der Waals surface area contributed by atoms with Crippen LogP contribution in [0.15, 0.2) is 65.7 Å². The molecule has 0 aromatic heterocycles. The van der Waals surface area contributed by atoms with E-state index in [2.05, 4.69) is 15.6 Å². The van der Waals surface area contributed by atoms with Crippen molar-refractivity contribution in [2.45, 2.75) is 31.7 Å². The molecule has 3 aromatic rings. The van der Waals surface area contributed by atoms with Crippen LogP contribution in [0.4, 0.5) is 10.1 Å². The minimum Gasteiger partial charge on any atom is -0.382 e. The fraction of sp³-hybridized carbons (Fsp3) is 0.333. The zero-order valence-corrected chi connectivity index (χ0v) is 29.3. The number of piperazine rings is 1. The molecule has 4 aliphatic rings. The number of anilines is 1. The number of halogens is 1. The summed E-state index contributed by atoms with van der Waals surface area (Å²) in [5.41, 5.74) is 3.40. The second-order valence-corrected chi connectivity index (χ2v) is 13.4. The number of amides is 6. The largest absolute Gasteiger partial charge is 0.382 e. The lowest BCUT2D eigenvalue weighted by Gasteiger charge is -2.35. The van der Waals surface area contributed by atoms with E-state index in [1.165, 1.54) is 23.1 Å². The van der Waals surface area contributed by atoms with Crippen LogP contribution in [0.3, 0.4) is 0 Å². The Balaban J connectivity index is 0.851. The molecule has 3 aromatic carbocycles. The number of fused-ring (bicyclic) bond motifs is 2. The molecular weight excluding hydrogens is 699 g/mol. The molecule has 54 heavy (non-hydrogen) atoms. The molecule has 7 rings (SSSR count). The maximum atomic E-state index is 14.9. The molecule has 0 radical (unpaired) electrons. The van der Waals surface area contributed by atoms with Crippen molar-refractivity contribution in [2.75, 3.05) is 57.8 Å². The van der Waals surface area contributed by atoms with Crippen LogP contribution >= 0.6 is 0 Å². The van der Waals surface area contributed by atoms with Gasteiger partial charge in [-0.3, -0.25) is 48.8 Å². The first-order valence-corrected chi connectivity index (χ1v) is 17.8. The van der Waals surface area contributed by atoms with Crippen molar-refractivity contribution in [3.8, 4) is 0 Å². The molecule has 2 N–H and O–H groups in total. The van der Waals surface area contributed by atoms with Crippen molar-refractivity contribution in [3.63, 3.8) is 0 Å². The Kier molecular flexibility index (Phi) is 10.4. The first-order chi connectivity index (χ1) is 26.1. The Labute approximate surface area is 309 Å². The van der Waals surface area contributed by atoms with Gasteiger partial charge in [0, 0.05) is 68.1 Å². The number of piperidine rings is 1. The van der Waals surface area contributed by atoms with Gasteiger partial charge >= 0.3 is 0 Å². The van der Waals surface area contributed by atoms with Crippen molar-refractivity contribution in [1.29, 1.82) is 0 Å². The molecule has 1 atom stereocenters.